The fraction of sp³-hybridized carbons (Fsp3) is 0.194. The molecule has 4 heterocycles. The monoisotopic (exact) mass is 750 g/mol. The number of carbonyl (C=O) groups excluding carboxylic acids is 6. The Morgan fingerprint density at radius 1 is 0.640 bits per heavy atom. The Morgan fingerprint density at radius 2 is 1.02 bits per heavy atom. The predicted octanol–water partition coefficient (Wildman–Crippen LogP) is 1.18. The lowest BCUT2D eigenvalue weighted by atomic mass is 10.2. The van der Waals surface area contributed by atoms with Gasteiger partial charge in [-0.15, -0.1) is 0 Å². The number of anilines is 3. The number of aryl methyl sites for hydroxylation is 4. The number of carbonyl (C=O) groups is 6. The molecular weight excluding hydrogens is 716 g/mol. The third-order valence-electron chi connectivity index (χ3n) is 7.19. The second-order valence-electron chi connectivity index (χ2n) is 11.0. The molecule has 6 amide bonds. The summed E-state index contributed by atoms with van der Waals surface area (Å²) in [7, 11) is 6.47. The van der Waals surface area contributed by atoms with Gasteiger partial charge in [0.15, 0.2) is 5.96 Å². The van der Waals surface area contributed by atoms with Crippen molar-refractivity contribution < 1.29 is 28.8 Å². The fourth-order valence-corrected chi connectivity index (χ4v) is 4.88. The minimum atomic E-state index is -0.712. The quantitative estimate of drug-likeness (QED) is 0.0451. The zero-order valence-electron chi connectivity index (χ0n) is 27.4. The molecular formula is C31H35BrN12O6. The highest BCUT2D eigenvalue weighted by Crippen LogP contribution is 2.20. The number of amides is 6. The van der Waals surface area contributed by atoms with Gasteiger partial charge in [-0.1, -0.05) is 6.58 Å². The van der Waals surface area contributed by atoms with Crippen LogP contribution in [-0.4, -0.2) is 72.8 Å². The first-order chi connectivity index (χ1) is 23.5. The molecule has 0 saturated carbocycles. The largest absolute Gasteiger partial charge is 0.370 e. The third kappa shape index (κ3) is 8.75. The number of aromatic nitrogens is 4. The molecule has 262 valence electrons. The highest BCUT2D eigenvalue weighted by Gasteiger charge is 2.21. The molecule has 0 radical (unpaired) electrons. The summed E-state index contributed by atoms with van der Waals surface area (Å²) in [6.45, 7) is 3.92. The first kappa shape index (κ1) is 36.5. The molecule has 0 spiro atoms. The van der Waals surface area contributed by atoms with Crippen molar-refractivity contribution in [2.75, 3.05) is 29.0 Å². The van der Waals surface area contributed by atoms with Crippen LogP contribution in [0.4, 0.5) is 17.1 Å². The van der Waals surface area contributed by atoms with E-state index in [2.05, 4.69) is 54.4 Å². The van der Waals surface area contributed by atoms with Crippen LogP contribution < -0.4 is 37.6 Å². The first-order valence-electron chi connectivity index (χ1n) is 14.7. The van der Waals surface area contributed by atoms with Crippen LogP contribution in [0, 0.1) is 5.41 Å². The summed E-state index contributed by atoms with van der Waals surface area (Å²) in [5, 5.41) is 22.8. The van der Waals surface area contributed by atoms with Crippen LogP contribution in [0.1, 0.15) is 52.3 Å². The number of hydrogen-bond donors (Lipinski definition) is 8. The number of halogens is 1. The number of nitrogens with one attached hydrogen (secondary N) is 7. The topological polar surface area (TPSA) is 244 Å². The molecule has 0 aliphatic carbocycles. The van der Waals surface area contributed by atoms with Crippen LogP contribution in [0.3, 0.4) is 0 Å². The van der Waals surface area contributed by atoms with Crippen LogP contribution in [0.15, 0.2) is 60.1 Å². The number of hydrogen-bond acceptors (Lipinski definition) is 7. The van der Waals surface area contributed by atoms with E-state index in [1.807, 2.05) is 0 Å². The van der Waals surface area contributed by atoms with Crippen molar-refractivity contribution in [3.8, 4) is 0 Å². The van der Waals surface area contributed by atoms with E-state index in [1.165, 1.54) is 50.4 Å². The van der Waals surface area contributed by atoms with Crippen LogP contribution in [0.25, 0.3) is 0 Å². The van der Waals surface area contributed by atoms with Gasteiger partial charge in [-0.05, 0) is 40.2 Å². The summed E-state index contributed by atoms with van der Waals surface area (Å²) in [5.41, 5.74) is 7.16. The molecule has 0 bridgehead atoms. The van der Waals surface area contributed by atoms with Crippen LogP contribution in [-0.2, 0) is 33.0 Å². The van der Waals surface area contributed by atoms with E-state index in [9.17, 15) is 28.8 Å². The fourth-order valence-electron chi connectivity index (χ4n) is 4.78. The normalized spacial score (nSPS) is 10.6. The highest BCUT2D eigenvalue weighted by molar-refractivity contribution is 9.12. The second-order valence-corrected chi connectivity index (χ2v) is 12.0. The summed E-state index contributed by atoms with van der Waals surface area (Å²) >= 11 is 2.90. The molecule has 0 aliphatic rings. The Morgan fingerprint density at radius 3 is 1.44 bits per heavy atom. The zero-order chi connectivity index (χ0) is 36.9. The molecule has 9 N–H and O–H groups in total. The van der Waals surface area contributed by atoms with Crippen LogP contribution in [0.5, 0.6) is 0 Å². The number of nitrogens with zero attached hydrogens (tertiary/aromatic N) is 4. The van der Waals surface area contributed by atoms with Gasteiger partial charge in [-0.3, -0.25) is 39.5 Å². The first-order valence-corrected chi connectivity index (χ1v) is 15.5. The van der Waals surface area contributed by atoms with Crippen LogP contribution >= 0.6 is 15.9 Å². The summed E-state index contributed by atoms with van der Waals surface area (Å²) in [5.74, 6) is -3.57. The van der Waals surface area contributed by atoms with Crippen molar-refractivity contribution in [3.63, 3.8) is 0 Å². The number of nitrogens with two attached hydrogens (primary N) is 1. The molecule has 0 aliphatic heterocycles. The van der Waals surface area contributed by atoms with Gasteiger partial charge in [-0.2, -0.15) is 0 Å². The van der Waals surface area contributed by atoms with Gasteiger partial charge >= 0.3 is 0 Å². The Bertz CT molecular complexity index is 2050. The molecule has 0 atom stereocenters. The van der Waals surface area contributed by atoms with Crippen molar-refractivity contribution >= 4 is 74.4 Å². The van der Waals surface area contributed by atoms with Gasteiger partial charge in [0.25, 0.3) is 35.4 Å². The van der Waals surface area contributed by atoms with Crippen molar-refractivity contribution in [2.45, 2.75) is 0 Å². The van der Waals surface area contributed by atoms with Gasteiger partial charge in [0.2, 0.25) is 0 Å². The maximum absolute atomic E-state index is 13.2. The van der Waals surface area contributed by atoms with E-state index in [0.29, 0.717) is 22.8 Å². The molecule has 18 nitrogen and oxygen atoms in total. The Kier molecular flexibility index (Phi) is 11.1. The number of imide groups is 1. The minimum absolute atomic E-state index is 0.0267. The summed E-state index contributed by atoms with van der Waals surface area (Å²) in [6, 6.07) is 5.79. The molecule has 0 fully saturated rings. The molecule has 0 aromatic carbocycles. The van der Waals surface area contributed by atoms with Gasteiger partial charge in [0.05, 0.1) is 27.1 Å². The predicted molar refractivity (Wildman–Crippen MR) is 188 cm³/mol. The zero-order valence-corrected chi connectivity index (χ0v) is 29.0. The van der Waals surface area contributed by atoms with Crippen molar-refractivity contribution in [3.05, 3.63) is 88.5 Å². The van der Waals surface area contributed by atoms with E-state index >= 15 is 0 Å². The maximum atomic E-state index is 13.2. The summed E-state index contributed by atoms with van der Waals surface area (Å²) in [4.78, 5) is 75.9. The maximum Gasteiger partial charge on any atom is 0.272 e. The van der Waals surface area contributed by atoms with Gasteiger partial charge in [0.1, 0.15) is 22.8 Å². The standard InChI is InChI=1S/C31H35BrN12O6/c1-16(32)25(45)40-26(46)17-8-21(41(2)12-17)28(48)37-19-10-23(43(4)14-19)30(50)39-20-11-24(44(5)15-20)29(49)38-18-9-22(42(3)13-18)27(47)35-6-7-36-31(33)34/h8-15H,1,6-7H2,2-5H3,(H,35,47)(H,37,48)(H,38,49)(H,39,50)(H4,33,34,36)(H,40,45,46). The average molecular weight is 752 g/mol. The van der Waals surface area contributed by atoms with E-state index in [1.54, 1.807) is 45.2 Å². The lowest BCUT2D eigenvalue weighted by molar-refractivity contribution is -0.115. The molecule has 4 aromatic rings. The van der Waals surface area contributed by atoms with E-state index in [4.69, 9.17) is 11.1 Å². The van der Waals surface area contributed by atoms with Crippen molar-refractivity contribution in [2.24, 2.45) is 33.9 Å². The molecule has 0 unspecified atom stereocenters. The van der Waals surface area contributed by atoms with E-state index in [-0.39, 0.29) is 52.1 Å². The number of rotatable bonds is 12. The Hall–Kier alpha value is -6.37. The molecule has 4 aromatic heterocycles. The van der Waals surface area contributed by atoms with E-state index in [0.717, 1.165) is 0 Å². The lowest BCUT2D eigenvalue weighted by Crippen LogP contribution is -2.38. The minimum Gasteiger partial charge on any atom is -0.370 e. The second kappa shape index (κ2) is 15.2. The molecule has 19 heteroatoms. The molecule has 4 rings (SSSR count). The Balaban J connectivity index is 1.37. The molecule has 50 heavy (non-hydrogen) atoms. The lowest BCUT2D eigenvalue weighted by Gasteiger charge is -2.06. The number of guanidine groups is 1. The average Bonchev–Trinajstić information content (AvgIpc) is 3.80. The SMILES string of the molecule is C=C(Br)C(=O)NC(=O)c1cc(C(=O)Nc2cc(C(=O)Nc3cc(C(=O)Nc4cc(C(=O)NCCNC(=N)N)n(C)c4)n(C)c3)n(C)c2)n(C)c1. The summed E-state index contributed by atoms with van der Waals surface area (Å²) < 4.78 is 5.98. The van der Waals surface area contributed by atoms with E-state index < -0.39 is 29.5 Å². The smallest absolute Gasteiger partial charge is 0.272 e. The third-order valence-corrected chi connectivity index (χ3v) is 7.55. The summed E-state index contributed by atoms with van der Waals surface area (Å²) in [6.07, 6.45) is 6.06. The van der Waals surface area contributed by atoms with Gasteiger partial charge < -0.3 is 50.6 Å². The van der Waals surface area contributed by atoms with Gasteiger partial charge in [0, 0.05) is 66.1 Å². The Labute approximate surface area is 293 Å². The van der Waals surface area contributed by atoms with Crippen molar-refractivity contribution in [1.29, 1.82) is 5.41 Å². The van der Waals surface area contributed by atoms with Crippen molar-refractivity contribution in [1.82, 2.24) is 34.2 Å². The van der Waals surface area contributed by atoms with Gasteiger partial charge in [-0.25, -0.2) is 0 Å². The molecule has 0 saturated heterocycles. The van der Waals surface area contributed by atoms with Crippen LogP contribution in [0.2, 0.25) is 0 Å². The highest BCUT2D eigenvalue weighted by atomic mass is 79.9.